The van der Waals surface area contributed by atoms with Crippen LogP contribution in [0.4, 0.5) is 0 Å². The molecule has 5 aromatic heterocycles. The number of ether oxygens (including phenoxy) is 2. The lowest BCUT2D eigenvalue weighted by Crippen LogP contribution is -2.43. The molecule has 0 aromatic carbocycles. The van der Waals surface area contributed by atoms with E-state index in [0.29, 0.717) is 40.0 Å². The third-order valence-electron chi connectivity index (χ3n) is 16.5. The molecule has 3 aliphatic rings. The third-order valence-corrected chi connectivity index (χ3v) is 16.5. The molecule has 82 heavy (non-hydrogen) atoms. The molecule has 3 fully saturated rings. The molecule has 3 aliphatic heterocycles. The molecule has 2 atom stereocenters. The highest BCUT2D eigenvalue weighted by Crippen LogP contribution is 2.35. The number of amides is 2. The van der Waals surface area contributed by atoms with Crippen LogP contribution in [0.1, 0.15) is 170 Å². The largest absolute Gasteiger partial charge is 0.496 e. The maximum atomic E-state index is 13.7. The van der Waals surface area contributed by atoms with Crippen LogP contribution in [0.2, 0.25) is 0 Å². The van der Waals surface area contributed by atoms with Crippen LogP contribution in [0.25, 0.3) is 16.6 Å². The summed E-state index contributed by atoms with van der Waals surface area (Å²) in [6, 6.07) is 11.1. The summed E-state index contributed by atoms with van der Waals surface area (Å²) in [5.41, 5.74) is 14.2. The number of aryl methyl sites for hydroxylation is 2. The van der Waals surface area contributed by atoms with Crippen molar-refractivity contribution in [2.24, 2.45) is 4.99 Å². The van der Waals surface area contributed by atoms with Crippen molar-refractivity contribution in [3.63, 3.8) is 0 Å². The van der Waals surface area contributed by atoms with Crippen LogP contribution in [-0.2, 0) is 20.8 Å². The number of hydrogen-bond acceptors (Lipinski definition) is 12. The van der Waals surface area contributed by atoms with Gasteiger partial charge in [0.25, 0.3) is 17.4 Å². The number of H-pyrrole nitrogens is 1. The summed E-state index contributed by atoms with van der Waals surface area (Å²) in [7, 11) is 7.61. The number of piperidine rings is 2. The average Bonchev–Trinajstić information content (AvgIpc) is 4.11. The van der Waals surface area contributed by atoms with E-state index in [0.717, 1.165) is 146 Å². The van der Waals surface area contributed by atoms with Gasteiger partial charge in [0.2, 0.25) is 0 Å². The van der Waals surface area contributed by atoms with Gasteiger partial charge in [0.1, 0.15) is 5.76 Å². The van der Waals surface area contributed by atoms with E-state index in [1.807, 2.05) is 65.9 Å². The Bertz CT molecular complexity index is 3170. The Morgan fingerprint density at radius 3 is 1.96 bits per heavy atom. The Balaban J connectivity index is 0.000000253. The molecule has 5 aromatic rings. The van der Waals surface area contributed by atoms with Gasteiger partial charge < -0.3 is 49.4 Å². The molecule has 8 heterocycles. The van der Waals surface area contributed by atoms with Crippen LogP contribution < -0.4 is 26.8 Å². The molecule has 0 saturated carbocycles. The van der Waals surface area contributed by atoms with Gasteiger partial charge in [-0.1, -0.05) is 20.3 Å². The first-order chi connectivity index (χ1) is 39.3. The maximum absolute atomic E-state index is 13.7. The monoisotopic (exact) mass is 1130 g/mol. The number of aromatic amines is 1. The zero-order valence-electron chi connectivity index (χ0n) is 51.9. The lowest BCUT2D eigenvalue weighted by molar-refractivity contribution is -0.105. The lowest BCUT2D eigenvalue weighted by atomic mass is 9.92. The lowest BCUT2D eigenvalue weighted by Gasteiger charge is -2.39. The van der Waals surface area contributed by atoms with Crippen LogP contribution in [0.3, 0.4) is 0 Å². The number of morpholine rings is 1. The van der Waals surface area contributed by atoms with E-state index in [4.69, 9.17) is 9.47 Å². The predicted molar refractivity (Wildman–Crippen MR) is 333 cm³/mol. The van der Waals surface area contributed by atoms with Gasteiger partial charge >= 0.3 is 0 Å². The second-order valence-electron chi connectivity index (χ2n) is 22.5. The summed E-state index contributed by atoms with van der Waals surface area (Å²) in [5, 5.41) is 12.5. The molecule has 2 unspecified atom stereocenters. The Morgan fingerprint density at radius 1 is 0.841 bits per heavy atom. The molecule has 0 bridgehead atoms. The number of aliphatic imine (C=N–C) groups is 1. The molecule has 446 valence electrons. The topological polar surface area (TPSA) is 182 Å². The Hall–Kier alpha value is -6.63. The van der Waals surface area contributed by atoms with E-state index in [9.17, 15) is 19.2 Å². The number of nitrogens with one attached hydrogen (secondary N) is 5. The van der Waals surface area contributed by atoms with E-state index in [-0.39, 0.29) is 42.5 Å². The fourth-order valence-electron chi connectivity index (χ4n) is 11.6. The number of aromatic nitrogens is 3. The van der Waals surface area contributed by atoms with E-state index >= 15 is 0 Å². The van der Waals surface area contributed by atoms with Gasteiger partial charge in [-0.15, -0.1) is 0 Å². The first kappa shape index (κ1) is 64.5. The summed E-state index contributed by atoms with van der Waals surface area (Å²) >= 11 is 0. The highest BCUT2D eigenvalue weighted by atomic mass is 16.5. The number of methoxy groups -OCH3 is 1. The molecule has 5 N–H and O–H groups in total. The quantitative estimate of drug-likeness (QED) is 0.0185. The number of allylic oxidation sites excluding steroid dienone is 3. The van der Waals surface area contributed by atoms with Gasteiger partial charge in [0.05, 0.1) is 25.9 Å². The number of nitrogens with zero attached hydrogens (tertiary/aromatic N) is 6. The Kier molecular flexibility index (Phi) is 24.1. The normalized spacial score (nSPS) is 17.2. The molecule has 8 rings (SSSR count). The van der Waals surface area contributed by atoms with E-state index in [1.165, 1.54) is 19.1 Å². The SMILES string of the molecule is CC=N/C=C(\C)c1cc2cc(C(=O)NC/C(C=O)=C(/C=C(/C)NC)OC)c(C)c(C(C)N3CCC(N(C)C)CC3)n2c1.CCC.Cc1cc(C)c(CNC(=O)c2cc3cc(C4CCNCC4)cn3c(C(C)N3CCOCC3)c2C)c(=O)[nH]1. The molecule has 3 saturated heterocycles. The highest BCUT2D eigenvalue weighted by Gasteiger charge is 2.30. The zero-order chi connectivity index (χ0) is 59.8. The molecule has 2 amide bonds. The van der Waals surface area contributed by atoms with E-state index in [1.54, 1.807) is 19.3 Å². The van der Waals surface area contributed by atoms with Crippen molar-refractivity contribution >= 4 is 40.9 Å². The number of likely N-dealkylation sites (tertiary alicyclic amines) is 1. The fourth-order valence-corrected chi connectivity index (χ4v) is 11.6. The average molecular weight is 1130 g/mol. The number of carbonyl (C=O) groups excluding carboxylic acids is 3. The minimum atomic E-state index is -0.232. The zero-order valence-corrected chi connectivity index (χ0v) is 51.9. The van der Waals surface area contributed by atoms with Crippen molar-refractivity contribution in [3.05, 3.63) is 144 Å². The molecular formula is C65H95N11O6. The second kappa shape index (κ2) is 30.6. The molecule has 17 heteroatoms. The van der Waals surface area contributed by atoms with Crippen molar-refractivity contribution < 1.29 is 23.9 Å². The fraction of sp³-hybridized carbons (Fsp3) is 0.523. The number of carbonyl (C=O) groups is 3. The first-order valence-electron chi connectivity index (χ1n) is 29.5. The van der Waals surface area contributed by atoms with Crippen LogP contribution >= 0.6 is 0 Å². The van der Waals surface area contributed by atoms with Gasteiger partial charge in [0.15, 0.2) is 6.29 Å². The van der Waals surface area contributed by atoms with Crippen LogP contribution in [0.5, 0.6) is 0 Å². The predicted octanol–water partition coefficient (Wildman–Crippen LogP) is 9.50. The van der Waals surface area contributed by atoms with Crippen LogP contribution in [0, 0.1) is 27.7 Å². The minimum Gasteiger partial charge on any atom is -0.496 e. The Labute approximate surface area is 487 Å². The van der Waals surface area contributed by atoms with Crippen LogP contribution in [0.15, 0.2) is 81.8 Å². The summed E-state index contributed by atoms with van der Waals surface area (Å²) in [4.78, 5) is 66.1. The Morgan fingerprint density at radius 2 is 1.41 bits per heavy atom. The molecular weight excluding hydrogens is 1030 g/mol. The molecule has 17 nitrogen and oxygen atoms in total. The van der Waals surface area contributed by atoms with Gasteiger partial charge in [-0.25, -0.2) is 0 Å². The summed E-state index contributed by atoms with van der Waals surface area (Å²) < 4.78 is 15.6. The summed E-state index contributed by atoms with van der Waals surface area (Å²) in [5.74, 6) is 0.554. The number of aldehydes is 1. The van der Waals surface area contributed by atoms with Gasteiger partial charge in [-0.3, -0.25) is 34.0 Å². The molecule has 0 spiro atoms. The number of pyridine rings is 3. The maximum Gasteiger partial charge on any atom is 0.253 e. The van der Waals surface area contributed by atoms with Crippen molar-refractivity contribution in [2.75, 3.05) is 87.3 Å². The first-order valence-corrected chi connectivity index (χ1v) is 29.5. The minimum absolute atomic E-state index is 0.0513. The van der Waals surface area contributed by atoms with Crippen molar-refractivity contribution in [3.8, 4) is 0 Å². The molecule has 0 radical (unpaired) electrons. The number of hydrogen-bond donors (Lipinski definition) is 5. The van der Waals surface area contributed by atoms with Crippen LogP contribution in [-0.4, -0.2) is 146 Å². The summed E-state index contributed by atoms with van der Waals surface area (Å²) in [6.07, 6.45) is 16.3. The van der Waals surface area contributed by atoms with Crippen molar-refractivity contribution in [1.82, 2.24) is 49.8 Å². The van der Waals surface area contributed by atoms with Crippen molar-refractivity contribution in [2.45, 2.75) is 139 Å². The smallest absolute Gasteiger partial charge is 0.253 e. The highest BCUT2D eigenvalue weighted by molar-refractivity contribution is 5.98. The van der Waals surface area contributed by atoms with E-state index in [2.05, 4.69) is 128 Å². The van der Waals surface area contributed by atoms with Gasteiger partial charge in [0, 0.05) is 140 Å². The number of fused-ring (bicyclic) bond motifs is 2. The van der Waals surface area contributed by atoms with Crippen molar-refractivity contribution in [1.29, 1.82) is 0 Å². The van der Waals surface area contributed by atoms with Gasteiger partial charge in [-0.2, -0.15) is 0 Å². The van der Waals surface area contributed by atoms with Gasteiger partial charge in [-0.05, 0) is 191 Å². The van der Waals surface area contributed by atoms with E-state index < -0.39 is 0 Å². The standard InChI is InChI=1S/C33H48N6O3.C29H39N5O3.C3H8/c1-10-35-18-22(2)26-16-29-17-30(33(41)36-19-27(21-40)31(42-9)15-23(3)34-6)24(4)32(39(29)20-26)25(5)38-13-11-28(12-14-38)37(7)8;1-18-13-19(2)32-29(36)26(18)16-31-28(35)25-15-24-14-23(22-5-7-30-8-6-22)17-34(24)27(20(25)3)21(4)33-9-11-37-12-10-33;1-3-2/h10,15-18,20-21,25,28,34H,11-14,19H2,1-9H3,(H,36,41);13-15,17,21-22,30H,5-12,16H2,1-4H3,(H,31,35)(H,32,36);3H2,1-2H3/b22-18+,23-15-,31-27+,35-10?;;. The molecule has 0 aliphatic carbocycles. The summed E-state index contributed by atoms with van der Waals surface area (Å²) in [6.45, 7) is 29.9. The number of rotatable bonds is 18. The third kappa shape index (κ3) is 15.9. The second-order valence-corrected chi connectivity index (χ2v) is 22.5.